The number of hydrogen-bond acceptors (Lipinski definition) is 3. The lowest BCUT2D eigenvalue weighted by Gasteiger charge is -2.34. The Morgan fingerprint density at radius 3 is 2.42 bits per heavy atom. The van der Waals surface area contributed by atoms with Crippen LogP contribution in [-0.4, -0.2) is 60.9 Å². The fraction of sp³-hybridized carbons (Fsp3) is 0.556. The summed E-state index contributed by atoms with van der Waals surface area (Å²) >= 11 is 0. The van der Waals surface area contributed by atoms with Gasteiger partial charge in [-0.3, -0.25) is 14.5 Å². The molecule has 0 unspecified atom stereocenters. The summed E-state index contributed by atoms with van der Waals surface area (Å²) in [6.07, 6.45) is 2.64. The molecule has 0 saturated carbocycles. The highest BCUT2D eigenvalue weighted by Crippen LogP contribution is 2.06. The number of piperazine rings is 1. The van der Waals surface area contributed by atoms with E-state index in [1.165, 1.54) is 24.3 Å². The molecule has 1 heterocycles. The highest BCUT2D eigenvalue weighted by atomic mass is 19.1. The van der Waals surface area contributed by atoms with Gasteiger partial charge in [-0.15, -0.1) is 0 Å². The average molecular weight is 335 g/mol. The molecule has 1 N–H and O–H groups in total. The lowest BCUT2D eigenvalue weighted by atomic mass is 10.2. The van der Waals surface area contributed by atoms with Crippen LogP contribution in [0, 0.1) is 5.82 Å². The Balaban J connectivity index is 1.65. The number of nitrogens with zero attached hydrogens (tertiary/aromatic N) is 2. The predicted molar refractivity (Wildman–Crippen MR) is 91.3 cm³/mol. The second kappa shape index (κ2) is 9.37. The Labute approximate surface area is 142 Å². The second-order valence-corrected chi connectivity index (χ2v) is 6.09. The second-order valence-electron chi connectivity index (χ2n) is 6.09. The number of nitrogens with one attached hydrogen (secondary N) is 1. The minimum absolute atomic E-state index is 0.191. The summed E-state index contributed by atoms with van der Waals surface area (Å²) in [4.78, 5) is 28.1. The molecule has 132 valence electrons. The van der Waals surface area contributed by atoms with Crippen LogP contribution in [0.5, 0.6) is 0 Å². The zero-order chi connectivity index (χ0) is 17.4. The molecule has 24 heavy (non-hydrogen) atoms. The monoisotopic (exact) mass is 335 g/mol. The molecule has 0 aliphatic carbocycles. The number of benzene rings is 1. The normalized spacial score (nSPS) is 15.3. The van der Waals surface area contributed by atoms with E-state index in [-0.39, 0.29) is 17.6 Å². The van der Waals surface area contributed by atoms with E-state index in [1.807, 2.05) is 4.90 Å². The molecule has 0 bridgehead atoms. The molecule has 1 aliphatic heterocycles. The summed E-state index contributed by atoms with van der Waals surface area (Å²) in [7, 11) is 0. The maximum Gasteiger partial charge on any atom is 0.251 e. The first-order valence-corrected chi connectivity index (χ1v) is 8.64. The number of carbonyl (C=O) groups is 2. The molecule has 0 radical (unpaired) electrons. The van der Waals surface area contributed by atoms with Gasteiger partial charge >= 0.3 is 0 Å². The topological polar surface area (TPSA) is 52.7 Å². The Bertz CT molecular complexity index is 540. The van der Waals surface area contributed by atoms with Crippen molar-refractivity contribution in [2.45, 2.75) is 26.2 Å². The van der Waals surface area contributed by atoms with Crippen LogP contribution in [0.1, 0.15) is 36.5 Å². The number of halogens is 1. The van der Waals surface area contributed by atoms with Crippen LogP contribution in [0.25, 0.3) is 0 Å². The van der Waals surface area contributed by atoms with E-state index in [0.29, 0.717) is 18.5 Å². The summed E-state index contributed by atoms with van der Waals surface area (Å²) in [6.45, 7) is 6.58. The molecule has 0 atom stereocenters. The molecule has 0 aromatic heterocycles. The van der Waals surface area contributed by atoms with Crippen LogP contribution in [0.4, 0.5) is 4.39 Å². The van der Waals surface area contributed by atoms with Gasteiger partial charge in [-0.25, -0.2) is 4.39 Å². The van der Waals surface area contributed by atoms with E-state index in [1.54, 1.807) is 0 Å². The Morgan fingerprint density at radius 2 is 1.79 bits per heavy atom. The van der Waals surface area contributed by atoms with Gasteiger partial charge in [0.1, 0.15) is 5.82 Å². The highest BCUT2D eigenvalue weighted by Gasteiger charge is 2.20. The third kappa shape index (κ3) is 5.60. The largest absolute Gasteiger partial charge is 0.351 e. The molecule has 1 aliphatic rings. The average Bonchev–Trinajstić information content (AvgIpc) is 2.60. The predicted octanol–water partition coefficient (Wildman–Crippen LogP) is 1.89. The molecule has 6 heteroatoms. The van der Waals surface area contributed by atoms with E-state index in [4.69, 9.17) is 0 Å². The molecular formula is C18H26FN3O2. The number of amides is 2. The lowest BCUT2D eigenvalue weighted by Crippen LogP contribution is -2.50. The summed E-state index contributed by atoms with van der Waals surface area (Å²) in [5.41, 5.74) is 0.461. The molecule has 1 aromatic carbocycles. The van der Waals surface area contributed by atoms with Gasteiger partial charge in [0.2, 0.25) is 5.91 Å². The molecule has 2 amide bonds. The minimum atomic E-state index is -0.349. The lowest BCUT2D eigenvalue weighted by molar-refractivity contribution is -0.133. The first kappa shape index (κ1) is 18.4. The highest BCUT2D eigenvalue weighted by molar-refractivity contribution is 5.94. The molecule has 0 spiro atoms. The van der Waals surface area contributed by atoms with Gasteiger partial charge in [0.05, 0.1) is 0 Å². The number of unbranched alkanes of at least 4 members (excludes halogenated alkanes) is 1. The van der Waals surface area contributed by atoms with Crippen molar-refractivity contribution in [3.63, 3.8) is 0 Å². The van der Waals surface area contributed by atoms with Gasteiger partial charge in [0.15, 0.2) is 0 Å². The molecule has 1 aromatic rings. The van der Waals surface area contributed by atoms with Crippen LogP contribution < -0.4 is 5.32 Å². The smallest absolute Gasteiger partial charge is 0.251 e. The van der Waals surface area contributed by atoms with E-state index >= 15 is 0 Å². The number of carbonyl (C=O) groups excluding carboxylic acids is 2. The standard InChI is InChI=1S/C18H26FN3O2/c1-2-3-4-17(23)22-13-11-21(12-14-22)10-9-20-18(24)15-5-7-16(19)8-6-15/h5-8H,2-4,9-14H2,1H3,(H,20,24). The Kier molecular flexibility index (Phi) is 7.18. The summed E-state index contributed by atoms with van der Waals surface area (Å²) in [5.74, 6) is -0.289. The molecule has 5 nitrogen and oxygen atoms in total. The SMILES string of the molecule is CCCCC(=O)N1CCN(CCNC(=O)c2ccc(F)cc2)CC1. The van der Waals surface area contributed by atoms with E-state index in [2.05, 4.69) is 17.1 Å². The van der Waals surface area contributed by atoms with Crippen molar-refractivity contribution in [1.82, 2.24) is 15.1 Å². The van der Waals surface area contributed by atoms with Gasteiger partial charge in [-0.2, -0.15) is 0 Å². The molecule has 2 rings (SSSR count). The van der Waals surface area contributed by atoms with Gasteiger partial charge in [0.25, 0.3) is 5.91 Å². The fourth-order valence-electron chi connectivity index (χ4n) is 2.74. The Hall–Kier alpha value is -1.95. The van der Waals surface area contributed by atoms with Crippen molar-refractivity contribution in [3.05, 3.63) is 35.6 Å². The number of hydrogen-bond donors (Lipinski definition) is 1. The summed E-state index contributed by atoms with van der Waals surface area (Å²) in [6, 6.07) is 5.52. The van der Waals surface area contributed by atoms with Crippen molar-refractivity contribution < 1.29 is 14.0 Å². The van der Waals surface area contributed by atoms with Crippen molar-refractivity contribution in [3.8, 4) is 0 Å². The van der Waals surface area contributed by atoms with Crippen LogP contribution >= 0.6 is 0 Å². The Morgan fingerprint density at radius 1 is 1.12 bits per heavy atom. The minimum Gasteiger partial charge on any atom is -0.351 e. The van der Waals surface area contributed by atoms with E-state index in [0.717, 1.165) is 45.6 Å². The van der Waals surface area contributed by atoms with Gasteiger partial charge in [-0.05, 0) is 30.7 Å². The fourth-order valence-corrected chi connectivity index (χ4v) is 2.74. The first-order valence-electron chi connectivity index (χ1n) is 8.64. The van der Waals surface area contributed by atoms with Crippen LogP contribution in [0.15, 0.2) is 24.3 Å². The zero-order valence-electron chi connectivity index (χ0n) is 14.3. The number of rotatable bonds is 7. The molecule has 1 saturated heterocycles. The summed E-state index contributed by atoms with van der Waals surface area (Å²) in [5, 5.41) is 2.84. The summed E-state index contributed by atoms with van der Waals surface area (Å²) < 4.78 is 12.8. The van der Waals surface area contributed by atoms with Crippen LogP contribution in [0.2, 0.25) is 0 Å². The first-order chi connectivity index (χ1) is 11.6. The van der Waals surface area contributed by atoms with Gasteiger partial charge < -0.3 is 10.2 Å². The quantitative estimate of drug-likeness (QED) is 0.828. The maximum absolute atomic E-state index is 12.8. The van der Waals surface area contributed by atoms with E-state index in [9.17, 15) is 14.0 Å². The van der Waals surface area contributed by atoms with Crippen molar-refractivity contribution in [1.29, 1.82) is 0 Å². The van der Waals surface area contributed by atoms with Crippen molar-refractivity contribution in [2.75, 3.05) is 39.3 Å². The van der Waals surface area contributed by atoms with Crippen LogP contribution in [0.3, 0.4) is 0 Å². The zero-order valence-corrected chi connectivity index (χ0v) is 14.3. The van der Waals surface area contributed by atoms with Gasteiger partial charge in [-0.1, -0.05) is 13.3 Å². The third-order valence-electron chi connectivity index (χ3n) is 4.29. The van der Waals surface area contributed by atoms with Crippen molar-refractivity contribution >= 4 is 11.8 Å². The molecular weight excluding hydrogens is 309 g/mol. The van der Waals surface area contributed by atoms with Gasteiger partial charge in [0, 0.05) is 51.3 Å². The maximum atomic E-state index is 12.8. The van der Waals surface area contributed by atoms with Crippen molar-refractivity contribution in [2.24, 2.45) is 0 Å². The van der Waals surface area contributed by atoms with Crippen LogP contribution in [-0.2, 0) is 4.79 Å². The molecule has 1 fully saturated rings. The van der Waals surface area contributed by atoms with E-state index < -0.39 is 0 Å². The third-order valence-corrected chi connectivity index (χ3v) is 4.29.